The molecule has 0 amide bonds. The van der Waals surface area contributed by atoms with Crippen LogP contribution < -0.4 is 0 Å². The summed E-state index contributed by atoms with van der Waals surface area (Å²) in [6.45, 7) is 2.81. The minimum absolute atomic E-state index is 0.119. The number of rotatable bonds is 7. The van der Waals surface area contributed by atoms with E-state index in [2.05, 4.69) is 0 Å². The van der Waals surface area contributed by atoms with E-state index in [0.29, 0.717) is 43.9 Å². The van der Waals surface area contributed by atoms with Gasteiger partial charge >= 0.3 is 6.18 Å². The number of halogens is 4. The first-order chi connectivity index (χ1) is 13.8. The largest absolute Gasteiger partial charge is 0.392 e. The average molecular weight is 428 g/mol. The number of alkyl halides is 3. The van der Waals surface area contributed by atoms with Gasteiger partial charge in [-0.05, 0) is 42.5 Å². The monoisotopic (exact) mass is 427 g/mol. The summed E-state index contributed by atoms with van der Waals surface area (Å²) in [4.78, 5) is 11.8. The SMILES string of the molecule is Cc1c(C(=O)Cl)cn(CCOCc2ccccc2)c1C1CCCCC1C(F)(F)F. The molecule has 158 valence electrons. The van der Waals surface area contributed by atoms with Crippen LogP contribution in [0.25, 0.3) is 0 Å². The number of nitrogens with zero attached hydrogens (tertiary/aromatic N) is 1. The summed E-state index contributed by atoms with van der Waals surface area (Å²) >= 11 is 5.69. The summed E-state index contributed by atoms with van der Waals surface area (Å²) in [7, 11) is 0. The zero-order chi connectivity index (χ0) is 21.0. The van der Waals surface area contributed by atoms with E-state index >= 15 is 0 Å². The maximum absolute atomic E-state index is 13.7. The average Bonchev–Trinajstić information content (AvgIpc) is 3.02. The third-order valence-electron chi connectivity index (χ3n) is 5.72. The Morgan fingerprint density at radius 1 is 1.21 bits per heavy atom. The number of carbonyl (C=O) groups excluding carboxylic acids is 1. The molecule has 1 aromatic carbocycles. The zero-order valence-electron chi connectivity index (χ0n) is 16.3. The first kappa shape index (κ1) is 21.9. The molecule has 2 unspecified atom stereocenters. The molecule has 3 nitrogen and oxygen atoms in total. The highest BCUT2D eigenvalue weighted by molar-refractivity contribution is 6.67. The fraction of sp³-hybridized carbons (Fsp3) is 0.500. The number of carbonyl (C=O) groups is 1. The summed E-state index contributed by atoms with van der Waals surface area (Å²) < 4.78 is 48.5. The zero-order valence-corrected chi connectivity index (χ0v) is 17.1. The minimum Gasteiger partial charge on any atom is -0.375 e. The van der Waals surface area contributed by atoms with Crippen molar-refractivity contribution in [3.63, 3.8) is 0 Å². The molecule has 1 fully saturated rings. The lowest BCUT2D eigenvalue weighted by atomic mass is 9.76. The van der Waals surface area contributed by atoms with Gasteiger partial charge in [-0.1, -0.05) is 43.2 Å². The van der Waals surface area contributed by atoms with Crippen molar-refractivity contribution in [2.24, 2.45) is 5.92 Å². The van der Waals surface area contributed by atoms with Crippen LogP contribution in [0.4, 0.5) is 13.2 Å². The lowest BCUT2D eigenvalue weighted by Gasteiger charge is -2.34. The van der Waals surface area contributed by atoms with Gasteiger partial charge in [-0.25, -0.2) is 0 Å². The molecule has 1 aliphatic rings. The Morgan fingerprint density at radius 2 is 1.90 bits per heavy atom. The maximum atomic E-state index is 13.7. The summed E-state index contributed by atoms with van der Waals surface area (Å²) in [6.07, 6.45) is -0.794. The van der Waals surface area contributed by atoms with Gasteiger partial charge < -0.3 is 9.30 Å². The quantitative estimate of drug-likeness (QED) is 0.387. The number of ether oxygens (including phenoxy) is 1. The van der Waals surface area contributed by atoms with E-state index in [4.69, 9.17) is 16.3 Å². The van der Waals surface area contributed by atoms with Gasteiger partial charge in [-0.2, -0.15) is 13.2 Å². The highest BCUT2D eigenvalue weighted by Gasteiger charge is 2.47. The number of hydrogen-bond donors (Lipinski definition) is 0. The van der Waals surface area contributed by atoms with Crippen molar-refractivity contribution in [2.45, 2.75) is 57.9 Å². The second kappa shape index (κ2) is 9.35. The molecule has 7 heteroatoms. The molecular weight excluding hydrogens is 403 g/mol. The third kappa shape index (κ3) is 5.23. The topological polar surface area (TPSA) is 31.2 Å². The summed E-state index contributed by atoms with van der Waals surface area (Å²) in [5.41, 5.74) is 2.42. The van der Waals surface area contributed by atoms with Crippen molar-refractivity contribution in [3.8, 4) is 0 Å². The predicted molar refractivity (Wildman–Crippen MR) is 106 cm³/mol. The molecule has 1 heterocycles. The molecule has 1 aliphatic carbocycles. The Hall–Kier alpha value is -1.79. The van der Waals surface area contributed by atoms with Gasteiger partial charge in [0.15, 0.2) is 0 Å². The van der Waals surface area contributed by atoms with E-state index in [-0.39, 0.29) is 12.0 Å². The van der Waals surface area contributed by atoms with Crippen LogP contribution in [0.2, 0.25) is 0 Å². The highest BCUT2D eigenvalue weighted by Crippen LogP contribution is 2.47. The molecular formula is C22H25ClF3NO2. The predicted octanol–water partition coefficient (Wildman–Crippen LogP) is 6.23. The molecule has 0 bridgehead atoms. The standard InChI is InChI=1S/C22H25ClF3NO2/c1-15-18(21(23)28)13-27(11-12-29-14-16-7-3-2-4-8-16)20(15)17-9-5-6-10-19(17)22(24,25)26/h2-4,7-8,13,17,19H,5-6,9-12,14H2,1H3. The van der Waals surface area contributed by atoms with Crippen LogP contribution in [0, 0.1) is 12.8 Å². The van der Waals surface area contributed by atoms with Gasteiger partial charge in [0.05, 0.1) is 24.7 Å². The fourth-order valence-corrected chi connectivity index (χ4v) is 4.52. The van der Waals surface area contributed by atoms with E-state index in [1.165, 1.54) is 0 Å². The van der Waals surface area contributed by atoms with E-state index in [1.54, 1.807) is 17.7 Å². The molecule has 29 heavy (non-hydrogen) atoms. The molecule has 1 saturated carbocycles. The minimum atomic E-state index is -4.26. The van der Waals surface area contributed by atoms with Gasteiger partial charge in [0.25, 0.3) is 5.24 Å². The summed E-state index contributed by atoms with van der Waals surface area (Å²) in [6, 6.07) is 9.66. The summed E-state index contributed by atoms with van der Waals surface area (Å²) in [5.74, 6) is -2.06. The van der Waals surface area contributed by atoms with Crippen molar-refractivity contribution >= 4 is 16.8 Å². The Bertz CT molecular complexity index is 833. The van der Waals surface area contributed by atoms with E-state index in [1.807, 2.05) is 30.3 Å². The van der Waals surface area contributed by atoms with Crippen molar-refractivity contribution in [3.05, 3.63) is 58.9 Å². The van der Waals surface area contributed by atoms with Crippen LogP contribution in [-0.4, -0.2) is 22.6 Å². The van der Waals surface area contributed by atoms with Crippen molar-refractivity contribution in [1.29, 1.82) is 0 Å². The van der Waals surface area contributed by atoms with Crippen LogP contribution in [0.5, 0.6) is 0 Å². The van der Waals surface area contributed by atoms with Crippen molar-refractivity contribution in [1.82, 2.24) is 4.57 Å². The van der Waals surface area contributed by atoms with E-state index in [9.17, 15) is 18.0 Å². The van der Waals surface area contributed by atoms with Gasteiger partial charge in [-0.3, -0.25) is 4.79 Å². The second-order valence-corrected chi connectivity index (χ2v) is 7.94. The van der Waals surface area contributed by atoms with E-state index < -0.39 is 23.3 Å². The van der Waals surface area contributed by atoms with Crippen LogP contribution in [-0.2, 0) is 17.9 Å². The Labute approximate surface area is 173 Å². The second-order valence-electron chi connectivity index (χ2n) is 7.60. The first-order valence-electron chi connectivity index (χ1n) is 9.87. The molecule has 0 spiro atoms. The molecule has 0 N–H and O–H groups in total. The first-order valence-corrected chi connectivity index (χ1v) is 10.2. The molecule has 2 atom stereocenters. The van der Waals surface area contributed by atoms with Gasteiger partial charge in [-0.15, -0.1) is 0 Å². The van der Waals surface area contributed by atoms with Gasteiger partial charge in [0, 0.05) is 24.4 Å². The molecule has 0 saturated heterocycles. The van der Waals surface area contributed by atoms with Crippen molar-refractivity contribution in [2.75, 3.05) is 6.61 Å². The van der Waals surface area contributed by atoms with Crippen LogP contribution in [0.15, 0.2) is 36.5 Å². The molecule has 2 aromatic rings. The van der Waals surface area contributed by atoms with Gasteiger partial charge in [0.2, 0.25) is 0 Å². The number of hydrogen-bond acceptors (Lipinski definition) is 2. The number of benzene rings is 1. The van der Waals surface area contributed by atoms with Crippen LogP contribution >= 0.6 is 11.6 Å². The lowest BCUT2D eigenvalue weighted by Crippen LogP contribution is -2.33. The smallest absolute Gasteiger partial charge is 0.375 e. The normalized spacial score (nSPS) is 20.0. The number of aromatic nitrogens is 1. The van der Waals surface area contributed by atoms with Crippen LogP contribution in [0.3, 0.4) is 0 Å². The Kier molecular flexibility index (Phi) is 7.06. The summed E-state index contributed by atoms with van der Waals surface area (Å²) in [5, 5.41) is -0.646. The van der Waals surface area contributed by atoms with Gasteiger partial charge in [0.1, 0.15) is 0 Å². The fourth-order valence-electron chi connectivity index (χ4n) is 4.33. The molecule has 0 radical (unpaired) electrons. The molecule has 3 rings (SSSR count). The highest BCUT2D eigenvalue weighted by atomic mass is 35.5. The Balaban J connectivity index is 1.81. The Morgan fingerprint density at radius 3 is 2.55 bits per heavy atom. The van der Waals surface area contributed by atoms with Crippen LogP contribution in [0.1, 0.15) is 58.8 Å². The molecule has 0 aliphatic heterocycles. The molecule has 1 aromatic heterocycles. The van der Waals surface area contributed by atoms with E-state index in [0.717, 1.165) is 12.0 Å². The third-order valence-corrected chi connectivity index (χ3v) is 5.92. The lowest BCUT2D eigenvalue weighted by molar-refractivity contribution is -0.187. The van der Waals surface area contributed by atoms with Crippen molar-refractivity contribution < 1.29 is 22.7 Å². The maximum Gasteiger partial charge on any atom is 0.392 e.